The first-order valence-corrected chi connectivity index (χ1v) is 10.6. The molecule has 0 aliphatic carbocycles. The maximum Gasteiger partial charge on any atom is 0.255 e. The maximum atomic E-state index is 12.5. The number of carbonyl (C=O) groups is 2. The number of anilines is 2. The third kappa shape index (κ3) is 5.61. The minimum Gasteiger partial charge on any atom is -0.495 e. The largest absolute Gasteiger partial charge is 0.495 e. The summed E-state index contributed by atoms with van der Waals surface area (Å²) in [5.41, 5.74) is 3.33. The van der Waals surface area contributed by atoms with Gasteiger partial charge in [0.25, 0.3) is 5.91 Å². The van der Waals surface area contributed by atoms with Crippen molar-refractivity contribution < 1.29 is 19.1 Å². The summed E-state index contributed by atoms with van der Waals surface area (Å²) in [7, 11) is 1.54. The lowest BCUT2D eigenvalue weighted by Crippen LogP contribution is -2.13. The van der Waals surface area contributed by atoms with Gasteiger partial charge in [-0.25, -0.2) is 0 Å². The molecule has 0 atom stereocenters. The molecule has 0 radical (unpaired) electrons. The van der Waals surface area contributed by atoms with Gasteiger partial charge in [0.1, 0.15) is 18.1 Å². The molecular formula is C26H21ClN2O4. The number of benzene rings is 3. The monoisotopic (exact) mass is 460 g/mol. The third-order valence-corrected chi connectivity index (χ3v) is 5.16. The zero-order valence-corrected chi connectivity index (χ0v) is 18.6. The number of fused-ring (bicyclic) bond motifs is 1. The second kappa shape index (κ2) is 10.1. The van der Waals surface area contributed by atoms with Crippen LogP contribution in [0.1, 0.15) is 15.9 Å². The van der Waals surface area contributed by atoms with E-state index in [0.29, 0.717) is 34.3 Å². The SMILES string of the molecule is COc1ccccc1NC(=O)c1ccc(NC(=O)/C=C/C2=Cc3cc(Cl)ccc3OC2)cc1. The number of carbonyl (C=O) groups excluding carboxylic acids is 2. The molecule has 3 aromatic rings. The highest BCUT2D eigenvalue weighted by Gasteiger charge is 2.11. The number of rotatable bonds is 6. The molecule has 0 aromatic heterocycles. The summed E-state index contributed by atoms with van der Waals surface area (Å²) in [6.45, 7) is 0.369. The van der Waals surface area contributed by atoms with Gasteiger partial charge >= 0.3 is 0 Å². The van der Waals surface area contributed by atoms with Crippen LogP contribution in [0, 0.1) is 0 Å². The molecule has 166 valence electrons. The van der Waals surface area contributed by atoms with Gasteiger partial charge in [0.2, 0.25) is 5.91 Å². The van der Waals surface area contributed by atoms with Crippen LogP contribution in [0.15, 0.2) is 84.5 Å². The Bertz CT molecular complexity index is 1250. The number of ether oxygens (including phenoxy) is 2. The van der Waals surface area contributed by atoms with Crippen LogP contribution in [-0.2, 0) is 4.79 Å². The van der Waals surface area contributed by atoms with Gasteiger partial charge < -0.3 is 20.1 Å². The van der Waals surface area contributed by atoms with Gasteiger partial charge in [-0.2, -0.15) is 0 Å². The van der Waals surface area contributed by atoms with Gasteiger partial charge in [0.05, 0.1) is 12.8 Å². The van der Waals surface area contributed by atoms with E-state index in [9.17, 15) is 9.59 Å². The van der Waals surface area contributed by atoms with Gasteiger partial charge in [-0.3, -0.25) is 9.59 Å². The molecule has 1 aliphatic rings. The first kappa shape index (κ1) is 22.2. The fraction of sp³-hybridized carbons (Fsp3) is 0.0769. The summed E-state index contributed by atoms with van der Waals surface area (Å²) in [5, 5.41) is 6.22. The minimum atomic E-state index is -0.293. The molecule has 2 N–H and O–H groups in total. The van der Waals surface area contributed by atoms with E-state index in [1.807, 2.05) is 30.3 Å². The van der Waals surface area contributed by atoms with Crippen molar-refractivity contribution in [1.82, 2.24) is 0 Å². The second-order valence-electron chi connectivity index (χ2n) is 7.24. The molecule has 3 aromatic carbocycles. The van der Waals surface area contributed by atoms with E-state index in [1.54, 1.807) is 55.7 Å². The molecule has 4 rings (SSSR count). The molecule has 0 fully saturated rings. The van der Waals surface area contributed by atoms with Crippen molar-refractivity contribution in [3.8, 4) is 11.5 Å². The number of halogens is 1. The standard InChI is InChI=1S/C26H21ClN2O4/c1-32-24-5-3-2-4-22(24)29-26(31)18-7-10-21(11-8-18)28-25(30)13-6-17-14-19-15-20(27)9-12-23(19)33-16-17/h2-15H,16H2,1H3,(H,28,30)(H,29,31)/b13-6+. The average molecular weight is 461 g/mol. The van der Waals surface area contributed by atoms with Gasteiger partial charge in [-0.1, -0.05) is 29.8 Å². The lowest BCUT2D eigenvalue weighted by atomic mass is 10.1. The van der Waals surface area contributed by atoms with Gasteiger partial charge in [0, 0.05) is 27.9 Å². The van der Waals surface area contributed by atoms with E-state index in [0.717, 1.165) is 16.9 Å². The fourth-order valence-electron chi connectivity index (χ4n) is 3.28. The van der Waals surface area contributed by atoms with Crippen molar-refractivity contribution in [3.05, 3.63) is 101 Å². The Morgan fingerprint density at radius 2 is 1.82 bits per heavy atom. The summed E-state index contributed by atoms with van der Waals surface area (Å²) in [5.74, 6) is 0.767. The first-order chi connectivity index (χ1) is 16.0. The van der Waals surface area contributed by atoms with Crippen LogP contribution in [0.25, 0.3) is 6.08 Å². The molecule has 0 spiro atoms. The van der Waals surface area contributed by atoms with Crippen LogP contribution < -0.4 is 20.1 Å². The molecule has 0 saturated heterocycles. The summed E-state index contributed by atoms with van der Waals surface area (Å²) in [4.78, 5) is 24.8. The van der Waals surface area contributed by atoms with E-state index < -0.39 is 0 Å². The summed E-state index contributed by atoms with van der Waals surface area (Å²) in [6.07, 6.45) is 5.07. The number of methoxy groups -OCH3 is 1. The van der Waals surface area contributed by atoms with Crippen molar-refractivity contribution in [2.45, 2.75) is 0 Å². The lowest BCUT2D eigenvalue weighted by molar-refractivity contribution is -0.111. The van der Waals surface area contributed by atoms with E-state index >= 15 is 0 Å². The van der Waals surface area contributed by atoms with Crippen molar-refractivity contribution in [3.63, 3.8) is 0 Å². The highest BCUT2D eigenvalue weighted by molar-refractivity contribution is 6.30. The lowest BCUT2D eigenvalue weighted by Gasteiger charge is -2.16. The fourth-order valence-corrected chi connectivity index (χ4v) is 3.46. The van der Waals surface area contributed by atoms with Crippen molar-refractivity contribution in [2.24, 2.45) is 0 Å². The molecule has 1 aliphatic heterocycles. The van der Waals surface area contributed by atoms with E-state index in [2.05, 4.69) is 10.6 Å². The highest BCUT2D eigenvalue weighted by atomic mass is 35.5. The Labute approximate surface area is 196 Å². The molecule has 6 nitrogen and oxygen atoms in total. The summed E-state index contributed by atoms with van der Waals surface area (Å²) < 4.78 is 10.9. The van der Waals surface area contributed by atoms with Crippen molar-refractivity contribution in [2.75, 3.05) is 24.4 Å². The smallest absolute Gasteiger partial charge is 0.255 e. The van der Waals surface area contributed by atoms with Crippen molar-refractivity contribution in [1.29, 1.82) is 0 Å². The average Bonchev–Trinajstić information content (AvgIpc) is 2.83. The predicted molar refractivity (Wildman–Crippen MR) is 130 cm³/mol. The van der Waals surface area contributed by atoms with Crippen LogP contribution in [-0.4, -0.2) is 25.5 Å². The van der Waals surface area contributed by atoms with Crippen LogP contribution in [0.4, 0.5) is 11.4 Å². The Morgan fingerprint density at radius 1 is 1.03 bits per heavy atom. The van der Waals surface area contributed by atoms with Crippen LogP contribution in [0.3, 0.4) is 0 Å². The van der Waals surface area contributed by atoms with Gasteiger partial charge in [-0.05, 0) is 66.2 Å². The summed E-state index contributed by atoms with van der Waals surface area (Å²) >= 11 is 6.03. The molecule has 1 heterocycles. The first-order valence-electron chi connectivity index (χ1n) is 10.2. The summed E-state index contributed by atoms with van der Waals surface area (Å²) in [6, 6.07) is 19.2. The zero-order valence-electron chi connectivity index (χ0n) is 17.8. The molecular weight excluding hydrogens is 440 g/mol. The normalized spacial score (nSPS) is 12.4. The number of hydrogen-bond acceptors (Lipinski definition) is 4. The highest BCUT2D eigenvalue weighted by Crippen LogP contribution is 2.29. The molecule has 0 bridgehead atoms. The molecule has 2 amide bonds. The molecule has 0 unspecified atom stereocenters. The molecule has 33 heavy (non-hydrogen) atoms. The van der Waals surface area contributed by atoms with Gasteiger partial charge in [0.15, 0.2) is 0 Å². The van der Waals surface area contributed by atoms with E-state index in [-0.39, 0.29) is 11.8 Å². The molecule has 0 saturated carbocycles. The minimum absolute atomic E-state index is 0.276. The second-order valence-corrected chi connectivity index (χ2v) is 7.68. The number of para-hydroxylation sites is 2. The van der Waals surface area contributed by atoms with Crippen LogP contribution in [0.2, 0.25) is 5.02 Å². The Balaban J connectivity index is 1.36. The number of nitrogens with one attached hydrogen (secondary N) is 2. The van der Waals surface area contributed by atoms with E-state index in [1.165, 1.54) is 6.08 Å². The van der Waals surface area contributed by atoms with Crippen molar-refractivity contribution >= 4 is 40.9 Å². The van der Waals surface area contributed by atoms with E-state index in [4.69, 9.17) is 21.1 Å². The van der Waals surface area contributed by atoms with Crippen LogP contribution >= 0.6 is 11.6 Å². The van der Waals surface area contributed by atoms with Crippen LogP contribution in [0.5, 0.6) is 11.5 Å². The molecule has 7 heteroatoms. The van der Waals surface area contributed by atoms with Gasteiger partial charge in [-0.15, -0.1) is 0 Å². The Kier molecular flexibility index (Phi) is 6.76. The predicted octanol–water partition coefficient (Wildman–Crippen LogP) is 5.57. The number of amides is 2. The topological polar surface area (TPSA) is 76.7 Å². The third-order valence-electron chi connectivity index (χ3n) is 4.93. The maximum absolute atomic E-state index is 12.5. The zero-order chi connectivity index (χ0) is 23.2. The Morgan fingerprint density at radius 3 is 2.61 bits per heavy atom. The number of hydrogen-bond donors (Lipinski definition) is 2. The Hall–Kier alpha value is -4.03. The quantitative estimate of drug-likeness (QED) is 0.471.